The van der Waals surface area contributed by atoms with Gasteiger partial charge in [0.05, 0.1) is 23.8 Å². The topological polar surface area (TPSA) is 90.7 Å². The van der Waals surface area contributed by atoms with Crippen LogP contribution in [0.4, 0.5) is 5.69 Å². The van der Waals surface area contributed by atoms with E-state index in [0.717, 1.165) is 24.3 Å². The number of nitrogens with zero attached hydrogens (tertiary/aromatic N) is 6. The van der Waals surface area contributed by atoms with Crippen molar-refractivity contribution in [1.29, 1.82) is 0 Å². The number of halogens is 2. The summed E-state index contributed by atoms with van der Waals surface area (Å²) in [4.78, 5) is 7.97. The summed E-state index contributed by atoms with van der Waals surface area (Å²) >= 11 is 11.4. The maximum Gasteiger partial charge on any atom is 0.151 e. The molecule has 0 unspecified atom stereocenters. The van der Waals surface area contributed by atoms with Crippen LogP contribution in [-0.2, 0) is 0 Å². The van der Waals surface area contributed by atoms with Crippen LogP contribution in [0.5, 0.6) is 0 Å². The van der Waals surface area contributed by atoms with Gasteiger partial charge in [-0.1, -0.05) is 23.2 Å². The first-order chi connectivity index (χ1) is 11.7. The van der Waals surface area contributed by atoms with Crippen LogP contribution in [0.25, 0.3) is 5.69 Å². The van der Waals surface area contributed by atoms with Gasteiger partial charge in [0.2, 0.25) is 0 Å². The van der Waals surface area contributed by atoms with Gasteiger partial charge >= 0.3 is 0 Å². The molecule has 4 heterocycles. The van der Waals surface area contributed by atoms with E-state index in [0.29, 0.717) is 10.3 Å². The highest BCUT2D eigenvalue weighted by Crippen LogP contribution is 2.18. The van der Waals surface area contributed by atoms with Gasteiger partial charge in [0.15, 0.2) is 5.15 Å². The Bertz CT molecular complexity index is 810. The van der Waals surface area contributed by atoms with E-state index in [4.69, 9.17) is 23.2 Å². The number of hydrazone groups is 1. The Kier molecular flexibility index (Phi) is 6.88. The van der Waals surface area contributed by atoms with Crippen LogP contribution in [0.3, 0.4) is 0 Å². The van der Waals surface area contributed by atoms with E-state index in [2.05, 4.69) is 20.2 Å². The molecule has 0 atom stereocenters. The van der Waals surface area contributed by atoms with E-state index in [1.54, 1.807) is 41.7 Å². The van der Waals surface area contributed by atoms with Crippen LogP contribution in [-0.4, -0.2) is 36.9 Å². The van der Waals surface area contributed by atoms with Crippen molar-refractivity contribution in [2.45, 2.75) is 6.42 Å². The Labute approximate surface area is 154 Å². The van der Waals surface area contributed by atoms with Crippen molar-refractivity contribution in [2.75, 3.05) is 11.6 Å². The second kappa shape index (κ2) is 9.12. The number of rotatable bonds is 2. The Morgan fingerprint density at radius 1 is 0.920 bits per heavy atom. The van der Waals surface area contributed by atoms with Gasteiger partial charge in [-0.05, 0) is 30.3 Å². The predicted molar refractivity (Wildman–Crippen MR) is 99.5 cm³/mol. The number of anilines is 1. The highest BCUT2D eigenvalue weighted by Gasteiger charge is 2.13. The fourth-order valence-electron chi connectivity index (χ4n) is 2.06. The molecule has 130 valence electrons. The van der Waals surface area contributed by atoms with Gasteiger partial charge in [0.25, 0.3) is 0 Å². The smallest absolute Gasteiger partial charge is 0.151 e. The molecule has 7 nitrogen and oxygen atoms in total. The summed E-state index contributed by atoms with van der Waals surface area (Å²) in [5.74, 6) is 0. The molecule has 0 bridgehead atoms. The zero-order valence-electron chi connectivity index (χ0n) is 13.1. The first-order valence-electron chi connectivity index (χ1n) is 7.24. The Morgan fingerprint density at radius 3 is 2.08 bits per heavy atom. The van der Waals surface area contributed by atoms with Crippen LogP contribution >= 0.6 is 23.2 Å². The summed E-state index contributed by atoms with van der Waals surface area (Å²) in [6, 6.07) is 9.35. The third-order valence-electron chi connectivity index (χ3n) is 3.17. The van der Waals surface area contributed by atoms with E-state index < -0.39 is 0 Å². The minimum absolute atomic E-state index is 0. The highest BCUT2D eigenvalue weighted by atomic mass is 35.5. The third kappa shape index (κ3) is 5.25. The average molecular weight is 379 g/mol. The van der Waals surface area contributed by atoms with Crippen molar-refractivity contribution in [2.24, 2.45) is 5.10 Å². The maximum absolute atomic E-state index is 5.74. The van der Waals surface area contributed by atoms with Crippen LogP contribution in [0.1, 0.15) is 6.42 Å². The standard InChI is InChI=1S/C8H8ClN3.C8H6ClN3.H2O/c2*9-8-3-5-12(11-8)7-2-1-4-10-6-7;/h1-2,4,6H,3,5H2;1-6H;1H2. The molecule has 9 heteroatoms. The molecule has 0 amide bonds. The minimum Gasteiger partial charge on any atom is -0.412 e. The van der Waals surface area contributed by atoms with Crippen LogP contribution < -0.4 is 5.01 Å². The molecule has 0 saturated carbocycles. The molecule has 0 saturated heterocycles. The second-order valence-corrected chi connectivity index (χ2v) is 5.68. The van der Waals surface area contributed by atoms with Gasteiger partial charge in [-0.25, -0.2) is 4.68 Å². The molecule has 0 fully saturated rings. The zero-order valence-corrected chi connectivity index (χ0v) is 14.6. The van der Waals surface area contributed by atoms with E-state index in [1.165, 1.54) is 0 Å². The van der Waals surface area contributed by atoms with Crippen molar-refractivity contribution in [3.8, 4) is 5.69 Å². The molecule has 3 aromatic heterocycles. The number of pyridine rings is 2. The summed E-state index contributed by atoms with van der Waals surface area (Å²) in [5, 5.41) is 11.2. The Hall–Kier alpha value is -2.48. The molecular formula is C16H16Cl2N6O. The normalized spacial score (nSPS) is 12.7. The molecule has 1 aliphatic rings. The van der Waals surface area contributed by atoms with Gasteiger partial charge in [-0.3, -0.25) is 15.0 Å². The lowest BCUT2D eigenvalue weighted by Gasteiger charge is -2.11. The largest absolute Gasteiger partial charge is 0.412 e. The van der Waals surface area contributed by atoms with Gasteiger partial charge < -0.3 is 5.48 Å². The molecule has 0 spiro atoms. The van der Waals surface area contributed by atoms with E-state index in [-0.39, 0.29) is 5.48 Å². The fraction of sp³-hybridized carbons (Fsp3) is 0.125. The van der Waals surface area contributed by atoms with Gasteiger partial charge in [-0.15, -0.1) is 0 Å². The maximum atomic E-state index is 5.74. The molecule has 2 N–H and O–H groups in total. The number of hydrogen-bond donors (Lipinski definition) is 0. The van der Waals surface area contributed by atoms with Gasteiger partial charge in [-0.2, -0.15) is 10.2 Å². The fourth-order valence-corrected chi connectivity index (χ4v) is 2.37. The van der Waals surface area contributed by atoms with Crippen molar-refractivity contribution in [3.05, 3.63) is 66.5 Å². The lowest BCUT2D eigenvalue weighted by molar-refractivity contribution is 0.824. The molecule has 25 heavy (non-hydrogen) atoms. The Morgan fingerprint density at radius 2 is 1.60 bits per heavy atom. The number of hydrogen-bond acceptors (Lipinski definition) is 5. The first kappa shape index (κ1) is 18.9. The predicted octanol–water partition coefficient (Wildman–Crippen LogP) is 2.94. The van der Waals surface area contributed by atoms with Gasteiger partial charge in [0.1, 0.15) is 5.17 Å². The lowest BCUT2D eigenvalue weighted by Crippen LogP contribution is -2.11. The lowest BCUT2D eigenvalue weighted by atomic mass is 10.4. The molecule has 4 rings (SSSR count). The summed E-state index contributed by atoms with van der Waals surface area (Å²) in [7, 11) is 0. The third-order valence-corrected chi connectivity index (χ3v) is 3.64. The minimum atomic E-state index is 0. The van der Waals surface area contributed by atoms with Crippen molar-refractivity contribution in [1.82, 2.24) is 19.7 Å². The molecule has 1 aliphatic heterocycles. The molecule has 0 aliphatic carbocycles. The van der Waals surface area contributed by atoms with Crippen molar-refractivity contribution >= 4 is 34.1 Å². The van der Waals surface area contributed by atoms with Crippen molar-refractivity contribution in [3.63, 3.8) is 0 Å². The van der Waals surface area contributed by atoms with E-state index in [9.17, 15) is 0 Å². The first-order valence-corrected chi connectivity index (χ1v) is 8.00. The summed E-state index contributed by atoms with van der Waals surface area (Å²) in [5.41, 5.74) is 1.90. The van der Waals surface area contributed by atoms with Crippen LogP contribution in [0.15, 0.2) is 66.4 Å². The monoisotopic (exact) mass is 378 g/mol. The van der Waals surface area contributed by atoms with Crippen molar-refractivity contribution < 1.29 is 5.48 Å². The summed E-state index contributed by atoms with van der Waals surface area (Å²) in [6.45, 7) is 0.852. The average Bonchev–Trinajstić information content (AvgIpc) is 3.26. The molecule has 0 radical (unpaired) electrons. The SMILES string of the molecule is ClC1=NN(c2cccnc2)CC1.Clc1ccn(-c2cccnc2)n1.O. The van der Waals surface area contributed by atoms with E-state index in [1.807, 2.05) is 29.3 Å². The van der Waals surface area contributed by atoms with Gasteiger partial charge in [0, 0.05) is 31.6 Å². The van der Waals surface area contributed by atoms with Crippen LogP contribution in [0, 0.1) is 0 Å². The Balaban J connectivity index is 0.000000173. The zero-order chi connectivity index (χ0) is 16.8. The van der Waals surface area contributed by atoms with Crippen LogP contribution in [0.2, 0.25) is 5.15 Å². The van der Waals surface area contributed by atoms with E-state index >= 15 is 0 Å². The number of aromatic nitrogens is 4. The summed E-state index contributed by atoms with van der Waals surface area (Å²) in [6.07, 6.45) is 9.58. The highest BCUT2D eigenvalue weighted by molar-refractivity contribution is 6.65. The molecular weight excluding hydrogens is 363 g/mol. The second-order valence-electron chi connectivity index (χ2n) is 4.85. The molecule has 0 aromatic carbocycles. The summed E-state index contributed by atoms with van der Waals surface area (Å²) < 4.78 is 1.68. The molecule has 3 aromatic rings. The quantitative estimate of drug-likeness (QED) is 0.685.